The highest BCUT2D eigenvalue weighted by Gasteiger charge is 2.27. The lowest BCUT2D eigenvalue weighted by molar-refractivity contribution is 0.538. The Kier molecular flexibility index (Phi) is 3.64. The van der Waals surface area contributed by atoms with E-state index < -0.39 is 10.0 Å². The highest BCUT2D eigenvalue weighted by atomic mass is 32.2. The van der Waals surface area contributed by atoms with Crippen LogP contribution in [-0.4, -0.2) is 33.3 Å². The Morgan fingerprint density at radius 3 is 2.67 bits per heavy atom. The maximum absolute atomic E-state index is 11.5. The molecule has 0 aromatic rings. The molecule has 0 amide bonds. The van der Waals surface area contributed by atoms with Gasteiger partial charge in [0, 0.05) is 12.6 Å². The fourth-order valence-corrected chi connectivity index (χ4v) is 3.55. The predicted molar refractivity (Wildman–Crippen MR) is 60.2 cm³/mol. The van der Waals surface area contributed by atoms with Gasteiger partial charge >= 0.3 is 0 Å². The van der Waals surface area contributed by atoms with E-state index >= 15 is 0 Å². The van der Waals surface area contributed by atoms with E-state index in [4.69, 9.17) is 0 Å². The molecule has 88 valence electrons. The minimum atomic E-state index is -2.99. The van der Waals surface area contributed by atoms with Crippen LogP contribution < -0.4 is 10.0 Å². The van der Waals surface area contributed by atoms with Crippen molar-refractivity contribution >= 4 is 10.0 Å². The summed E-state index contributed by atoms with van der Waals surface area (Å²) in [7, 11) is -2.99. The van der Waals surface area contributed by atoms with Gasteiger partial charge in [-0.05, 0) is 44.6 Å². The quantitative estimate of drug-likeness (QED) is 0.699. The third-order valence-electron chi connectivity index (χ3n) is 3.13. The zero-order chi connectivity index (χ0) is 10.7. The lowest BCUT2D eigenvalue weighted by atomic mass is 10.2. The number of nitrogens with one attached hydrogen (secondary N) is 2. The van der Waals surface area contributed by atoms with Crippen molar-refractivity contribution in [1.82, 2.24) is 10.0 Å². The Labute approximate surface area is 91.9 Å². The molecular formula is C10H20N2O2S. The van der Waals surface area contributed by atoms with Crippen molar-refractivity contribution in [1.29, 1.82) is 0 Å². The van der Waals surface area contributed by atoms with E-state index in [1.54, 1.807) is 0 Å². The summed E-state index contributed by atoms with van der Waals surface area (Å²) in [6.45, 7) is 1.67. The molecule has 4 nitrogen and oxygen atoms in total. The van der Waals surface area contributed by atoms with Crippen LogP contribution in [-0.2, 0) is 10.0 Å². The molecule has 1 aliphatic heterocycles. The summed E-state index contributed by atoms with van der Waals surface area (Å²) in [6.07, 6.45) is 5.50. The van der Waals surface area contributed by atoms with E-state index in [-0.39, 0.29) is 0 Å². The molecule has 0 radical (unpaired) electrons. The summed E-state index contributed by atoms with van der Waals surface area (Å²) in [5.74, 6) is 0.776. The molecule has 1 atom stereocenters. The average molecular weight is 232 g/mol. The van der Waals surface area contributed by atoms with Gasteiger partial charge in [0.1, 0.15) is 0 Å². The van der Waals surface area contributed by atoms with Crippen LogP contribution >= 0.6 is 0 Å². The summed E-state index contributed by atoms with van der Waals surface area (Å²) < 4.78 is 25.7. The van der Waals surface area contributed by atoms with Gasteiger partial charge in [-0.2, -0.15) is 0 Å². The van der Waals surface area contributed by atoms with Crippen molar-refractivity contribution in [2.75, 3.05) is 18.8 Å². The lowest BCUT2D eigenvalue weighted by Crippen LogP contribution is -2.32. The van der Waals surface area contributed by atoms with Crippen LogP contribution in [0.5, 0.6) is 0 Å². The van der Waals surface area contributed by atoms with E-state index in [1.807, 2.05) is 0 Å². The van der Waals surface area contributed by atoms with E-state index in [1.165, 1.54) is 12.8 Å². The zero-order valence-electron chi connectivity index (χ0n) is 9.04. The van der Waals surface area contributed by atoms with Gasteiger partial charge in [0.15, 0.2) is 0 Å². The molecule has 2 N–H and O–H groups in total. The summed E-state index contributed by atoms with van der Waals surface area (Å²) in [5, 5.41) is 3.36. The van der Waals surface area contributed by atoms with Gasteiger partial charge in [-0.15, -0.1) is 0 Å². The molecule has 0 spiro atoms. The van der Waals surface area contributed by atoms with Gasteiger partial charge in [-0.25, -0.2) is 13.1 Å². The van der Waals surface area contributed by atoms with Gasteiger partial charge in [0.2, 0.25) is 10.0 Å². The van der Waals surface area contributed by atoms with Crippen molar-refractivity contribution in [2.45, 2.75) is 38.1 Å². The SMILES string of the molecule is O=S(=O)(CC1CC1)NCC[C@H]1CCCN1. The normalized spacial score (nSPS) is 27.1. The maximum atomic E-state index is 11.5. The number of rotatable bonds is 6. The highest BCUT2D eigenvalue weighted by molar-refractivity contribution is 7.89. The van der Waals surface area contributed by atoms with Crippen LogP contribution in [0.15, 0.2) is 0 Å². The second kappa shape index (κ2) is 4.80. The average Bonchev–Trinajstić information content (AvgIpc) is 2.81. The first-order chi connectivity index (χ1) is 7.16. The Hall–Kier alpha value is -0.130. The Morgan fingerprint density at radius 1 is 1.27 bits per heavy atom. The Morgan fingerprint density at radius 2 is 2.07 bits per heavy atom. The molecule has 0 unspecified atom stereocenters. The zero-order valence-corrected chi connectivity index (χ0v) is 9.85. The number of hydrogen-bond donors (Lipinski definition) is 2. The first-order valence-corrected chi connectivity index (χ1v) is 7.52. The third-order valence-corrected chi connectivity index (χ3v) is 4.68. The van der Waals surface area contributed by atoms with Crippen LogP contribution in [0.1, 0.15) is 32.1 Å². The van der Waals surface area contributed by atoms with Crippen molar-refractivity contribution in [3.05, 3.63) is 0 Å². The van der Waals surface area contributed by atoms with Crippen LogP contribution in [0.2, 0.25) is 0 Å². The molecule has 2 rings (SSSR count). The van der Waals surface area contributed by atoms with E-state index in [0.717, 1.165) is 25.8 Å². The molecule has 1 saturated carbocycles. The topological polar surface area (TPSA) is 58.2 Å². The van der Waals surface area contributed by atoms with Crippen LogP contribution in [0, 0.1) is 5.92 Å². The largest absolute Gasteiger partial charge is 0.314 e. The third kappa shape index (κ3) is 4.09. The molecular weight excluding hydrogens is 212 g/mol. The highest BCUT2D eigenvalue weighted by Crippen LogP contribution is 2.29. The summed E-state index contributed by atoms with van der Waals surface area (Å²) >= 11 is 0. The van der Waals surface area contributed by atoms with Crippen molar-refractivity contribution in [3.63, 3.8) is 0 Å². The minimum absolute atomic E-state index is 0.338. The van der Waals surface area contributed by atoms with Crippen LogP contribution in [0.4, 0.5) is 0 Å². The molecule has 0 aromatic carbocycles. The molecule has 5 heteroatoms. The molecule has 0 aromatic heterocycles. The summed E-state index contributed by atoms with van der Waals surface area (Å²) in [5.41, 5.74) is 0. The molecule has 2 fully saturated rings. The van der Waals surface area contributed by atoms with Gasteiger partial charge in [0.25, 0.3) is 0 Å². The van der Waals surface area contributed by atoms with Crippen LogP contribution in [0.25, 0.3) is 0 Å². The first kappa shape index (κ1) is 11.4. The van der Waals surface area contributed by atoms with Crippen molar-refractivity contribution < 1.29 is 8.42 Å². The molecule has 2 aliphatic rings. The van der Waals surface area contributed by atoms with Crippen LogP contribution in [0.3, 0.4) is 0 Å². The molecule has 0 bridgehead atoms. The second-order valence-electron chi connectivity index (χ2n) is 4.70. The smallest absolute Gasteiger partial charge is 0.211 e. The molecule has 1 aliphatic carbocycles. The van der Waals surface area contributed by atoms with Crippen molar-refractivity contribution in [3.8, 4) is 0 Å². The summed E-state index contributed by atoms with van der Waals surface area (Å²) in [6, 6.07) is 0.522. The Balaban J connectivity index is 1.63. The van der Waals surface area contributed by atoms with Crippen molar-refractivity contribution in [2.24, 2.45) is 5.92 Å². The Bertz CT molecular complexity index is 293. The van der Waals surface area contributed by atoms with Gasteiger partial charge in [-0.1, -0.05) is 0 Å². The summed E-state index contributed by atoms with van der Waals surface area (Å²) in [4.78, 5) is 0. The predicted octanol–water partition coefficient (Wildman–Crippen LogP) is 0.458. The number of sulfonamides is 1. The lowest BCUT2D eigenvalue weighted by Gasteiger charge is -2.10. The second-order valence-corrected chi connectivity index (χ2v) is 6.55. The fourth-order valence-electron chi connectivity index (χ4n) is 2.05. The van der Waals surface area contributed by atoms with E-state index in [0.29, 0.717) is 24.3 Å². The van der Waals surface area contributed by atoms with Gasteiger partial charge < -0.3 is 5.32 Å². The number of hydrogen-bond acceptors (Lipinski definition) is 3. The fraction of sp³-hybridized carbons (Fsp3) is 1.00. The minimum Gasteiger partial charge on any atom is -0.314 e. The molecule has 1 heterocycles. The van der Waals surface area contributed by atoms with E-state index in [9.17, 15) is 8.42 Å². The first-order valence-electron chi connectivity index (χ1n) is 5.86. The standard InChI is InChI=1S/C10H20N2O2S/c13-15(14,8-9-3-4-9)12-7-5-10-2-1-6-11-10/h9-12H,1-8H2/t10-/m1/s1. The maximum Gasteiger partial charge on any atom is 0.211 e. The monoisotopic (exact) mass is 232 g/mol. The van der Waals surface area contributed by atoms with E-state index in [2.05, 4.69) is 10.0 Å². The van der Waals surface area contributed by atoms with Gasteiger partial charge in [0.05, 0.1) is 5.75 Å². The van der Waals surface area contributed by atoms with Gasteiger partial charge in [-0.3, -0.25) is 0 Å². The molecule has 15 heavy (non-hydrogen) atoms. The molecule has 1 saturated heterocycles.